The molecule has 104 valence electrons. The van der Waals surface area contributed by atoms with Gasteiger partial charge < -0.3 is 10.6 Å². The summed E-state index contributed by atoms with van der Waals surface area (Å²) in [6, 6.07) is 6.29. The lowest BCUT2D eigenvalue weighted by Crippen LogP contribution is -2.24. The van der Waals surface area contributed by atoms with Gasteiger partial charge in [0.05, 0.1) is 0 Å². The third kappa shape index (κ3) is 3.49. The van der Waals surface area contributed by atoms with Crippen molar-refractivity contribution in [2.24, 2.45) is 5.92 Å². The highest BCUT2D eigenvalue weighted by Gasteiger charge is 2.20. The topological polar surface area (TPSA) is 41.1 Å². The Kier molecular flexibility index (Phi) is 4.46. The van der Waals surface area contributed by atoms with Crippen molar-refractivity contribution in [1.29, 1.82) is 0 Å². The number of nitrogens with one attached hydrogen (secondary N) is 2. The lowest BCUT2D eigenvalue weighted by Gasteiger charge is -2.29. The number of hydrogen-bond donors (Lipinski definition) is 2. The molecule has 2 N–H and O–H groups in total. The summed E-state index contributed by atoms with van der Waals surface area (Å²) in [4.78, 5) is 11.7. The van der Waals surface area contributed by atoms with E-state index in [9.17, 15) is 4.79 Å². The summed E-state index contributed by atoms with van der Waals surface area (Å²) in [5.41, 5.74) is 2.98. The highest BCUT2D eigenvalue weighted by molar-refractivity contribution is 5.95. The highest BCUT2D eigenvalue weighted by atomic mass is 16.1. The Morgan fingerprint density at radius 1 is 1.42 bits per heavy atom. The van der Waals surface area contributed by atoms with Gasteiger partial charge in [0, 0.05) is 24.3 Å². The molecule has 0 spiro atoms. The summed E-state index contributed by atoms with van der Waals surface area (Å²) in [5, 5.41) is 6.21. The molecule has 1 fully saturated rings. The monoisotopic (exact) mass is 260 g/mol. The van der Waals surface area contributed by atoms with Crippen LogP contribution in [0.5, 0.6) is 0 Å². The average Bonchev–Trinajstić information content (AvgIpc) is 2.35. The molecule has 19 heavy (non-hydrogen) atoms. The minimum atomic E-state index is -0.0327. The van der Waals surface area contributed by atoms with Crippen molar-refractivity contribution >= 4 is 11.6 Å². The number of benzene rings is 1. The zero-order valence-electron chi connectivity index (χ0n) is 12.1. The molecule has 0 bridgehead atoms. The Balaban J connectivity index is 2.03. The third-order valence-electron chi connectivity index (χ3n) is 4.04. The largest absolute Gasteiger partial charge is 0.382 e. The molecular weight excluding hydrogens is 236 g/mol. The normalized spacial score (nSPS) is 16.6. The summed E-state index contributed by atoms with van der Waals surface area (Å²) >= 11 is 0. The number of aryl methyl sites for hydroxylation is 1. The predicted octanol–water partition coefficient (Wildman–Crippen LogP) is 3.35. The second kappa shape index (κ2) is 6.09. The molecule has 0 radical (unpaired) electrons. The van der Waals surface area contributed by atoms with Crippen LogP contribution in [-0.2, 0) is 0 Å². The molecule has 1 saturated carbocycles. The van der Waals surface area contributed by atoms with E-state index >= 15 is 0 Å². The van der Waals surface area contributed by atoms with Crippen molar-refractivity contribution in [3.05, 3.63) is 29.3 Å². The second-order valence-corrected chi connectivity index (χ2v) is 5.69. The number of amides is 1. The number of carbonyl (C=O) groups excluding carboxylic acids is 1. The average molecular weight is 260 g/mol. The molecule has 1 aromatic rings. The lowest BCUT2D eigenvalue weighted by atomic mass is 9.81. The molecule has 0 saturated heterocycles. The van der Waals surface area contributed by atoms with Crippen molar-refractivity contribution in [3.63, 3.8) is 0 Å². The van der Waals surface area contributed by atoms with E-state index in [1.165, 1.54) is 31.2 Å². The number of carbonyl (C=O) groups is 1. The molecule has 1 atom stereocenters. The summed E-state index contributed by atoms with van der Waals surface area (Å²) in [6.45, 7) is 4.30. The molecular formula is C16H24N2O. The van der Waals surface area contributed by atoms with Gasteiger partial charge in [0.1, 0.15) is 0 Å². The van der Waals surface area contributed by atoms with E-state index in [0.717, 1.165) is 11.6 Å². The van der Waals surface area contributed by atoms with E-state index in [1.54, 1.807) is 7.05 Å². The molecule has 0 aromatic heterocycles. The van der Waals surface area contributed by atoms with Crippen LogP contribution < -0.4 is 10.6 Å². The van der Waals surface area contributed by atoms with Crippen LogP contribution in [0.1, 0.15) is 48.5 Å². The van der Waals surface area contributed by atoms with Gasteiger partial charge in [-0.2, -0.15) is 0 Å². The van der Waals surface area contributed by atoms with E-state index in [4.69, 9.17) is 0 Å². The van der Waals surface area contributed by atoms with Crippen molar-refractivity contribution < 1.29 is 4.79 Å². The predicted molar refractivity (Wildman–Crippen MR) is 79.6 cm³/mol. The number of rotatable bonds is 5. The minimum Gasteiger partial charge on any atom is -0.382 e. The van der Waals surface area contributed by atoms with E-state index in [1.807, 2.05) is 18.2 Å². The Morgan fingerprint density at radius 3 is 2.74 bits per heavy atom. The van der Waals surface area contributed by atoms with Gasteiger partial charge >= 0.3 is 0 Å². The summed E-state index contributed by atoms with van der Waals surface area (Å²) in [5.74, 6) is 0.861. The van der Waals surface area contributed by atoms with Crippen LogP contribution in [0.15, 0.2) is 18.2 Å². The fourth-order valence-electron chi connectivity index (χ4n) is 2.62. The van der Waals surface area contributed by atoms with Crippen molar-refractivity contribution in [2.75, 3.05) is 12.4 Å². The Hall–Kier alpha value is -1.51. The van der Waals surface area contributed by atoms with Crippen LogP contribution in [0.25, 0.3) is 0 Å². The summed E-state index contributed by atoms with van der Waals surface area (Å²) in [7, 11) is 1.66. The number of hydrogen-bond acceptors (Lipinski definition) is 2. The van der Waals surface area contributed by atoms with Crippen LogP contribution in [0.4, 0.5) is 5.69 Å². The number of anilines is 1. The smallest absolute Gasteiger partial charge is 0.251 e. The Bertz CT molecular complexity index is 452. The maximum absolute atomic E-state index is 11.7. The minimum absolute atomic E-state index is 0.0327. The standard InChI is InChI=1S/C16H24N2O/c1-11-7-8-14(16(19)17-3)10-15(11)18-12(2)9-13-5-4-6-13/h7-8,10,12-13,18H,4-6,9H2,1-3H3,(H,17,19). The van der Waals surface area contributed by atoms with Crippen molar-refractivity contribution in [1.82, 2.24) is 5.32 Å². The second-order valence-electron chi connectivity index (χ2n) is 5.69. The zero-order valence-corrected chi connectivity index (χ0v) is 12.1. The van der Waals surface area contributed by atoms with Gasteiger partial charge in [0.25, 0.3) is 5.91 Å². The van der Waals surface area contributed by atoms with E-state index < -0.39 is 0 Å². The van der Waals surface area contributed by atoms with Gasteiger partial charge in [-0.1, -0.05) is 25.3 Å². The maximum atomic E-state index is 11.7. The first kappa shape index (κ1) is 13.9. The van der Waals surface area contributed by atoms with Gasteiger partial charge in [-0.15, -0.1) is 0 Å². The molecule has 1 aliphatic rings. The molecule has 1 aromatic carbocycles. The first-order valence-corrected chi connectivity index (χ1v) is 7.19. The maximum Gasteiger partial charge on any atom is 0.251 e. The quantitative estimate of drug-likeness (QED) is 0.852. The SMILES string of the molecule is CNC(=O)c1ccc(C)c(NC(C)CC2CCC2)c1. The molecule has 1 amide bonds. The van der Waals surface area contributed by atoms with E-state index in [0.29, 0.717) is 11.6 Å². The molecule has 1 aliphatic carbocycles. The molecule has 2 rings (SSSR count). The van der Waals surface area contributed by atoms with Crippen LogP contribution >= 0.6 is 0 Å². The molecule has 3 heteroatoms. The first-order valence-electron chi connectivity index (χ1n) is 7.19. The lowest BCUT2D eigenvalue weighted by molar-refractivity contribution is 0.0963. The van der Waals surface area contributed by atoms with Crippen molar-refractivity contribution in [2.45, 2.75) is 45.6 Å². The zero-order chi connectivity index (χ0) is 13.8. The van der Waals surface area contributed by atoms with Gasteiger partial charge in [-0.3, -0.25) is 4.79 Å². The van der Waals surface area contributed by atoms with Crippen LogP contribution in [0.3, 0.4) is 0 Å². The van der Waals surface area contributed by atoms with E-state index in [-0.39, 0.29) is 5.91 Å². The Morgan fingerprint density at radius 2 is 2.16 bits per heavy atom. The molecule has 1 unspecified atom stereocenters. The highest BCUT2D eigenvalue weighted by Crippen LogP contribution is 2.31. The molecule has 3 nitrogen and oxygen atoms in total. The van der Waals surface area contributed by atoms with Gasteiger partial charge in [0.15, 0.2) is 0 Å². The first-order chi connectivity index (χ1) is 9.10. The summed E-state index contributed by atoms with van der Waals surface area (Å²) in [6.07, 6.45) is 5.37. The molecule has 0 heterocycles. The van der Waals surface area contributed by atoms with Gasteiger partial charge in [-0.05, 0) is 43.9 Å². The van der Waals surface area contributed by atoms with Gasteiger partial charge in [0.2, 0.25) is 0 Å². The van der Waals surface area contributed by atoms with Gasteiger partial charge in [-0.25, -0.2) is 0 Å². The molecule has 0 aliphatic heterocycles. The summed E-state index contributed by atoms with van der Waals surface area (Å²) < 4.78 is 0. The van der Waals surface area contributed by atoms with E-state index in [2.05, 4.69) is 24.5 Å². The van der Waals surface area contributed by atoms with Crippen LogP contribution in [0, 0.1) is 12.8 Å². The fourth-order valence-corrected chi connectivity index (χ4v) is 2.62. The Labute approximate surface area is 115 Å². The van der Waals surface area contributed by atoms with Crippen LogP contribution in [-0.4, -0.2) is 19.0 Å². The van der Waals surface area contributed by atoms with Crippen LogP contribution in [0.2, 0.25) is 0 Å². The third-order valence-corrected chi connectivity index (χ3v) is 4.04. The van der Waals surface area contributed by atoms with Crippen molar-refractivity contribution in [3.8, 4) is 0 Å². The fraction of sp³-hybridized carbons (Fsp3) is 0.562.